The Morgan fingerprint density at radius 1 is 0.885 bits per heavy atom. The van der Waals surface area contributed by atoms with Gasteiger partial charge in [-0.15, -0.1) is 0 Å². The van der Waals surface area contributed by atoms with Gasteiger partial charge in [-0.05, 0) is 24.6 Å². The van der Waals surface area contributed by atoms with Crippen molar-refractivity contribution in [2.24, 2.45) is 0 Å². The summed E-state index contributed by atoms with van der Waals surface area (Å²) in [6.07, 6.45) is 0.386. The van der Waals surface area contributed by atoms with Crippen molar-refractivity contribution in [1.29, 1.82) is 0 Å². The molecule has 0 heterocycles. The Morgan fingerprint density at radius 2 is 1.62 bits per heavy atom. The molecule has 0 saturated carbocycles. The van der Waals surface area contributed by atoms with E-state index in [1.807, 2.05) is 13.0 Å². The summed E-state index contributed by atoms with van der Waals surface area (Å²) in [6.45, 7) is 2.03. The van der Waals surface area contributed by atoms with E-state index in [-0.39, 0.29) is 43.4 Å². The van der Waals surface area contributed by atoms with E-state index in [9.17, 15) is 14.4 Å². The second kappa shape index (κ2) is 9.73. The summed E-state index contributed by atoms with van der Waals surface area (Å²) in [5, 5.41) is 6.00. The molecule has 0 spiro atoms. The van der Waals surface area contributed by atoms with E-state index in [4.69, 9.17) is 11.6 Å². The molecule has 26 heavy (non-hydrogen) atoms. The summed E-state index contributed by atoms with van der Waals surface area (Å²) in [4.78, 5) is 35.7. The molecule has 0 fully saturated rings. The van der Waals surface area contributed by atoms with Gasteiger partial charge >= 0.3 is 0 Å². The quantitative estimate of drug-likeness (QED) is 0.693. The standard InChI is InChI=1S/C20H21ClN2O3/c1-14-16(21)8-5-9-17(14)23-20(26)12-13-22-19(25)11-10-18(24)15-6-3-2-4-7-15/h2-9H,10-13H2,1H3,(H,22,25)(H,23,26). The average molecular weight is 373 g/mol. The Labute approximate surface area is 157 Å². The third kappa shape index (κ3) is 6.01. The minimum atomic E-state index is -0.249. The highest BCUT2D eigenvalue weighted by atomic mass is 35.5. The van der Waals surface area contributed by atoms with Crippen molar-refractivity contribution >= 4 is 34.9 Å². The number of ketones is 1. The Morgan fingerprint density at radius 3 is 2.35 bits per heavy atom. The van der Waals surface area contributed by atoms with Gasteiger partial charge in [0.25, 0.3) is 0 Å². The van der Waals surface area contributed by atoms with Crippen LogP contribution < -0.4 is 10.6 Å². The van der Waals surface area contributed by atoms with Crippen molar-refractivity contribution in [2.45, 2.75) is 26.2 Å². The normalized spacial score (nSPS) is 10.2. The van der Waals surface area contributed by atoms with Gasteiger partial charge in [-0.3, -0.25) is 14.4 Å². The molecule has 0 aliphatic rings. The van der Waals surface area contributed by atoms with Crippen LogP contribution in [-0.2, 0) is 9.59 Å². The maximum atomic E-state index is 11.9. The van der Waals surface area contributed by atoms with Crippen molar-refractivity contribution < 1.29 is 14.4 Å². The molecule has 2 aromatic rings. The fourth-order valence-corrected chi connectivity index (χ4v) is 2.53. The zero-order chi connectivity index (χ0) is 18.9. The third-order valence-electron chi connectivity index (χ3n) is 3.89. The van der Waals surface area contributed by atoms with Crippen LogP contribution in [0.5, 0.6) is 0 Å². The fraction of sp³-hybridized carbons (Fsp3) is 0.250. The lowest BCUT2D eigenvalue weighted by molar-refractivity contribution is -0.121. The zero-order valence-electron chi connectivity index (χ0n) is 14.5. The van der Waals surface area contributed by atoms with Crippen molar-refractivity contribution in [1.82, 2.24) is 5.32 Å². The van der Waals surface area contributed by atoms with E-state index in [0.29, 0.717) is 16.3 Å². The van der Waals surface area contributed by atoms with E-state index in [2.05, 4.69) is 10.6 Å². The molecule has 0 radical (unpaired) electrons. The molecule has 0 bridgehead atoms. The minimum absolute atomic E-state index is 0.0741. The molecule has 2 aromatic carbocycles. The highest BCUT2D eigenvalue weighted by molar-refractivity contribution is 6.31. The summed E-state index contributed by atoms with van der Waals surface area (Å²) < 4.78 is 0. The van der Waals surface area contributed by atoms with Gasteiger partial charge in [0.15, 0.2) is 5.78 Å². The summed E-state index contributed by atoms with van der Waals surface area (Å²) in [5.74, 6) is -0.535. The van der Waals surface area contributed by atoms with E-state index in [1.165, 1.54) is 0 Å². The number of carbonyl (C=O) groups excluding carboxylic acids is 3. The zero-order valence-corrected chi connectivity index (χ0v) is 15.3. The van der Waals surface area contributed by atoms with Gasteiger partial charge < -0.3 is 10.6 Å². The van der Waals surface area contributed by atoms with Crippen LogP contribution in [-0.4, -0.2) is 24.1 Å². The molecule has 0 aromatic heterocycles. The predicted octanol–water partition coefficient (Wildman–Crippen LogP) is 3.76. The van der Waals surface area contributed by atoms with Crippen LogP contribution in [0.2, 0.25) is 5.02 Å². The first-order chi connectivity index (χ1) is 12.5. The van der Waals surface area contributed by atoms with Crippen LogP contribution in [0.25, 0.3) is 0 Å². The highest BCUT2D eigenvalue weighted by Gasteiger charge is 2.10. The molecule has 6 heteroatoms. The maximum Gasteiger partial charge on any atom is 0.226 e. The number of carbonyl (C=O) groups is 3. The molecule has 0 saturated heterocycles. The summed E-state index contributed by atoms with van der Waals surface area (Å²) in [5.41, 5.74) is 2.05. The van der Waals surface area contributed by atoms with Crippen molar-refractivity contribution in [2.75, 3.05) is 11.9 Å². The van der Waals surface area contributed by atoms with Crippen LogP contribution >= 0.6 is 11.6 Å². The lowest BCUT2D eigenvalue weighted by atomic mass is 10.1. The number of Topliss-reactive ketones (excluding diaryl/α,β-unsaturated/α-hetero) is 1. The molecular weight excluding hydrogens is 352 g/mol. The van der Waals surface area contributed by atoms with E-state index in [1.54, 1.807) is 42.5 Å². The first-order valence-corrected chi connectivity index (χ1v) is 8.75. The number of hydrogen-bond acceptors (Lipinski definition) is 3. The first kappa shape index (κ1) is 19.7. The predicted molar refractivity (Wildman–Crippen MR) is 102 cm³/mol. The molecular formula is C20H21ClN2O3. The summed E-state index contributed by atoms with van der Waals surface area (Å²) in [7, 11) is 0. The lowest BCUT2D eigenvalue weighted by Gasteiger charge is -2.10. The molecule has 0 aliphatic carbocycles. The number of benzene rings is 2. The SMILES string of the molecule is Cc1c(Cl)cccc1NC(=O)CCNC(=O)CCC(=O)c1ccccc1. The average Bonchev–Trinajstić information content (AvgIpc) is 2.64. The van der Waals surface area contributed by atoms with Gasteiger partial charge in [-0.2, -0.15) is 0 Å². The summed E-state index contributed by atoms with van der Waals surface area (Å²) >= 11 is 6.01. The van der Waals surface area contributed by atoms with E-state index >= 15 is 0 Å². The second-order valence-electron chi connectivity index (χ2n) is 5.85. The molecule has 0 unspecified atom stereocenters. The number of rotatable bonds is 8. The Bertz CT molecular complexity index is 791. The molecule has 2 N–H and O–H groups in total. The Hall–Kier alpha value is -2.66. The smallest absolute Gasteiger partial charge is 0.226 e. The van der Waals surface area contributed by atoms with Crippen molar-refractivity contribution in [3.63, 3.8) is 0 Å². The second-order valence-corrected chi connectivity index (χ2v) is 6.26. The minimum Gasteiger partial charge on any atom is -0.356 e. The van der Waals surface area contributed by atoms with E-state index in [0.717, 1.165) is 5.56 Å². The van der Waals surface area contributed by atoms with Gasteiger partial charge in [0, 0.05) is 42.1 Å². The van der Waals surface area contributed by atoms with Gasteiger partial charge in [0.1, 0.15) is 0 Å². The molecule has 0 atom stereocenters. The molecule has 2 rings (SSSR count). The van der Waals surface area contributed by atoms with Crippen LogP contribution in [0, 0.1) is 6.92 Å². The van der Waals surface area contributed by atoms with Crippen molar-refractivity contribution in [3.8, 4) is 0 Å². The Balaban J connectivity index is 1.68. The topological polar surface area (TPSA) is 75.3 Å². The molecule has 0 aliphatic heterocycles. The van der Waals surface area contributed by atoms with Gasteiger partial charge in [0.2, 0.25) is 11.8 Å². The van der Waals surface area contributed by atoms with Gasteiger partial charge in [0.05, 0.1) is 0 Å². The number of amides is 2. The van der Waals surface area contributed by atoms with E-state index < -0.39 is 0 Å². The van der Waals surface area contributed by atoms with Crippen molar-refractivity contribution in [3.05, 3.63) is 64.7 Å². The highest BCUT2D eigenvalue weighted by Crippen LogP contribution is 2.22. The maximum absolute atomic E-state index is 11.9. The lowest BCUT2D eigenvalue weighted by Crippen LogP contribution is -2.28. The largest absolute Gasteiger partial charge is 0.356 e. The number of halogens is 1. The van der Waals surface area contributed by atoms with Gasteiger partial charge in [-0.1, -0.05) is 48.0 Å². The number of nitrogens with one attached hydrogen (secondary N) is 2. The first-order valence-electron chi connectivity index (χ1n) is 8.37. The fourth-order valence-electron chi connectivity index (χ4n) is 2.35. The third-order valence-corrected chi connectivity index (χ3v) is 4.30. The summed E-state index contributed by atoms with van der Waals surface area (Å²) in [6, 6.07) is 14.1. The molecule has 2 amide bonds. The number of anilines is 1. The molecule has 5 nitrogen and oxygen atoms in total. The van der Waals surface area contributed by atoms with Crippen LogP contribution in [0.15, 0.2) is 48.5 Å². The molecule has 136 valence electrons. The monoisotopic (exact) mass is 372 g/mol. The van der Waals surface area contributed by atoms with Crippen LogP contribution in [0.3, 0.4) is 0 Å². The van der Waals surface area contributed by atoms with Gasteiger partial charge in [-0.25, -0.2) is 0 Å². The Kier molecular flexibility index (Phi) is 7.36. The number of hydrogen-bond donors (Lipinski definition) is 2. The van der Waals surface area contributed by atoms with Crippen LogP contribution in [0.4, 0.5) is 5.69 Å². The van der Waals surface area contributed by atoms with Crippen LogP contribution in [0.1, 0.15) is 35.2 Å².